The molecule has 8 aromatic carbocycles. The zero-order valence-electron chi connectivity index (χ0n) is 57.7. The van der Waals surface area contributed by atoms with E-state index in [1.165, 1.54) is 0 Å². The van der Waals surface area contributed by atoms with Crippen molar-refractivity contribution in [1.82, 2.24) is 0 Å². The van der Waals surface area contributed by atoms with E-state index in [0.717, 1.165) is 27.8 Å². The molecule has 23 atom stereocenters. The molecule has 15 rings (SSSR count). The van der Waals surface area contributed by atoms with Crippen LogP contribution >= 0.6 is 0 Å². The van der Waals surface area contributed by atoms with Crippen LogP contribution in [0.25, 0.3) is 20.9 Å². The number of rotatable bonds is 26. The summed E-state index contributed by atoms with van der Waals surface area (Å²) >= 11 is 0. The third-order valence-electron chi connectivity index (χ3n) is 19.5. The fourth-order valence-electron chi connectivity index (χ4n) is 14.3. The van der Waals surface area contributed by atoms with Gasteiger partial charge in [0, 0.05) is 26.5 Å². The SMILES string of the molecule is COc1ccc(O[C@H]2O[C@@H]3COC(c4ccccc4)O[C@H]3[C@H](O[C@H]3O[C@@H]4COC(c5ccccc5)O[C@@H]4[C@H](O[C@@H]4O[C@@H]5COC(c6ccccc6)O[C@@H]5[C@H](OCc5ccccc5)[C@H]4O[C@@H]4O[C@@H](C)[C@@H](OCc5ccccc5)[C@@H](OCc5ccccc5)[C@@H]4OCc4ccccc4)[C@H]3N=[N+]=[N-])[C@H]2N=[N+]=[N-])cc1. The monoisotopic (exact) mass is 1430 g/mol. The maximum atomic E-state index is 11.0. The van der Waals surface area contributed by atoms with Crippen molar-refractivity contribution < 1.29 is 90.0 Å². The Morgan fingerprint density at radius 3 is 1.10 bits per heavy atom. The molecule has 0 saturated carbocycles. The maximum Gasteiger partial charge on any atom is 0.211 e. The molecule has 25 heteroatoms. The van der Waals surface area contributed by atoms with Crippen molar-refractivity contribution in [2.45, 2.75) is 175 Å². The van der Waals surface area contributed by atoms with Gasteiger partial charge in [0.15, 0.2) is 37.7 Å². The third-order valence-corrected chi connectivity index (χ3v) is 19.5. The van der Waals surface area contributed by atoms with Crippen LogP contribution in [0.4, 0.5) is 0 Å². The van der Waals surface area contributed by atoms with E-state index in [4.69, 9.17) is 90.0 Å². The number of nitrogens with zero attached hydrogens (tertiary/aromatic N) is 6. The number of hydrogen-bond donors (Lipinski definition) is 0. The Kier molecular flexibility index (Phi) is 23.8. The topological polar surface area (TPSA) is 273 Å². The van der Waals surface area contributed by atoms with Gasteiger partial charge in [-0.05, 0) is 64.5 Å². The van der Waals surface area contributed by atoms with Crippen LogP contribution in [0.5, 0.6) is 11.5 Å². The van der Waals surface area contributed by atoms with Gasteiger partial charge in [-0.15, -0.1) is 0 Å². The summed E-state index contributed by atoms with van der Waals surface area (Å²) in [5, 5.41) is 8.86. The molecule has 3 unspecified atom stereocenters. The predicted molar refractivity (Wildman–Crippen MR) is 375 cm³/mol. The maximum absolute atomic E-state index is 11.0. The van der Waals surface area contributed by atoms with Gasteiger partial charge < -0.3 is 90.0 Å². The normalized spacial score (nSPS) is 32.9. The molecule has 7 aliphatic rings. The van der Waals surface area contributed by atoms with Crippen LogP contribution in [0.15, 0.2) is 247 Å². The van der Waals surface area contributed by atoms with Crippen molar-refractivity contribution in [3.8, 4) is 11.5 Å². The molecule has 0 amide bonds. The van der Waals surface area contributed by atoms with Crippen molar-refractivity contribution in [3.05, 3.63) is 296 Å². The van der Waals surface area contributed by atoms with E-state index < -0.39 is 142 Å². The molecule has 0 radical (unpaired) electrons. The minimum absolute atomic E-state index is 0.00998. The van der Waals surface area contributed by atoms with Crippen molar-refractivity contribution in [1.29, 1.82) is 0 Å². The smallest absolute Gasteiger partial charge is 0.211 e. The Labute approximate surface area is 607 Å². The summed E-state index contributed by atoms with van der Waals surface area (Å²) in [6.07, 6.45) is -22.9. The molecule has 0 aromatic heterocycles. The van der Waals surface area contributed by atoms with E-state index in [-0.39, 0.29) is 46.2 Å². The van der Waals surface area contributed by atoms with E-state index in [1.807, 2.05) is 219 Å². The lowest BCUT2D eigenvalue weighted by Crippen LogP contribution is -2.70. The van der Waals surface area contributed by atoms with Crippen LogP contribution < -0.4 is 9.47 Å². The van der Waals surface area contributed by atoms with E-state index in [2.05, 4.69) is 20.1 Å². The van der Waals surface area contributed by atoms with E-state index in [9.17, 15) is 11.1 Å². The second kappa shape index (κ2) is 34.7. The first-order valence-corrected chi connectivity index (χ1v) is 35.4. The van der Waals surface area contributed by atoms with Crippen LogP contribution in [0.1, 0.15) is 64.7 Å². The minimum Gasteiger partial charge on any atom is -0.497 e. The fourth-order valence-corrected chi connectivity index (χ4v) is 14.3. The van der Waals surface area contributed by atoms with Crippen LogP contribution in [-0.4, -0.2) is 150 Å². The molecule has 25 nitrogen and oxygen atoms in total. The highest BCUT2D eigenvalue weighted by Crippen LogP contribution is 2.46. The summed E-state index contributed by atoms with van der Waals surface area (Å²) < 4.78 is 132. The lowest BCUT2D eigenvalue weighted by Gasteiger charge is -2.54. The number of ether oxygens (including phenoxy) is 19. The third kappa shape index (κ3) is 17.1. The summed E-state index contributed by atoms with van der Waals surface area (Å²) in [5.74, 6) is 0.932. The quantitative estimate of drug-likeness (QED) is 0.0277. The Morgan fingerprint density at radius 2 is 0.676 bits per heavy atom. The van der Waals surface area contributed by atoms with Gasteiger partial charge in [-0.3, -0.25) is 0 Å². The number of benzene rings is 8. The van der Waals surface area contributed by atoms with E-state index >= 15 is 0 Å². The fraction of sp³-hybridized carbons (Fsp3) is 0.400. The second-order valence-electron chi connectivity index (χ2n) is 26.4. The van der Waals surface area contributed by atoms with Gasteiger partial charge in [-0.1, -0.05) is 223 Å². The van der Waals surface area contributed by atoms with Gasteiger partial charge in [-0.25, -0.2) is 0 Å². The minimum atomic E-state index is -1.57. The van der Waals surface area contributed by atoms with Crippen LogP contribution in [0.3, 0.4) is 0 Å². The molecule has 7 heterocycles. The molecule has 105 heavy (non-hydrogen) atoms. The highest BCUT2D eigenvalue weighted by Gasteiger charge is 2.61. The molecule has 0 N–H and O–H groups in total. The zero-order chi connectivity index (χ0) is 71.3. The Bertz CT molecular complexity index is 4100. The molecular weight excluding hydrogens is 1350 g/mol. The molecular formula is C80H82N6O19. The standard InChI is InChI=1S/C80H82N6O19/c1-49-64(88-42-50-24-10-3-11-25-50)70(89-43-51-26-12-4-13-27-51)72(91-45-53-30-16-6-17-31-53)79(95-49)105-73-71(90-44-52-28-14-5-15-29-52)67-61(48-94-76(102-67)56-36-22-9-23-37-56)99-80(73)104-69-63(84-86-82)78(98-60-47-93-75(101-66(60)69)55-34-20-8-21-35-55)103-68-62(83-85-81)77(96-58-40-38-57(87-2)39-41-58)97-59-46-92-74(100-65(59)68)54-32-18-7-19-33-54/h3-41,49,59-80H,42-48H2,1-2H3/t49-,59+,60+,61+,62+,63+,64+,65+,66-,67-,68+,69+,70+,71-,72-,73+,74?,75?,76?,77-,78+,79-,80-/m0/s1. The molecule has 546 valence electrons. The summed E-state index contributed by atoms with van der Waals surface area (Å²) in [7, 11) is 1.56. The Morgan fingerprint density at radius 1 is 0.343 bits per heavy atom. The number of fused-ring (bicyclic) bond motifs is 3. The molecule has 7 aliphatic heterocycles. The van der Waals surface area contributed by atoms with Gasteiger partial charge >= 0.3 is 0 Å². The van der Waals surface area contributed by atoms with Gasteiger partial charge in [0.05, 0.1) is 59.5 Å². The molecule has 7 fully saturated rings. The number of hydrogen-bond acceptors (Lipinski definition) is 21. The van der Waals surface area contributed by atoms with Crippen molar-refractivity contribution in [2.75, 3.05) is 26.9 Å². The Balaban J connectivity index is 0.839. The average molecular weight is 1430 g/mol. The molecule has 7 saturated heterocycles. The molecule has 0 spiro atoms. The summed E-state index contributed by atoms with van der Waals surface area (Å²) in [4.78, 5) is 6.81. The lowest BCUT2D eigenvalue weighted by molar-refractivity contribution is -0.420. The van der Waals surface area contributed by atoms with Gasteiger partial charge in [0.1, 0.15) is 103 Å². The summed E-state index contributed by atoms with van der Waals surface area (Å²) in [6.45, 7) is 2.37. The van der Waals surface area contributed by atoms with E-state index in [1.54, 1.807) is 31.4 Å². The lowest BCUT2D eigenvalue weighted by atomic mass is 9.93. The molecule has 0 aliphatic carbocycles. The van der Waals surface area contributed by atoms with Crippen LogP contribution in [-0.2, 0) is 107 Å². The van der Waals surface area contributed by atoms with Crippen LogP contribution in [0.2, 0.25) is 0 Å². The number of methoxy groups -OCH3 is 1. The highest BCUT2D eigenvalue weighted by atomic mass is 16.8. The largest absolute Gasteiger partial charge is 0.497 e. The number of azide groups is 2. The molecule has 8 aromatic rings. The first-order chi connectivity index (χ1) is 51.8. The first-order valence-electron chi connectivity index (χ1n) is 35.4. The first kappa shape index (κ1) is 71.9. The highest BCUT2D eigenvalue weighted by molar-refractivity contribution is 5.32. The summed E-state index contributed by atoms with van der Waals surface area (Å²) in [5.41, 5.74) is 27.3. The zero-order valence-corrected chi connectivity index (χ0v) is 57.7. The molecule has 0 bridgehead atoms. The predicted octanol–water partition coefficient (Wildman–Crippen LogP) is 13.2. The van der Waals surface area contributed by atoms with E-state index in [0.29, 0.717) is 22.6 Å². The van der Waals surface area contributed by atoms with Crippen LogP contribution in [0, 0.1) is 0 Å². The van der Waals surface area contributed by atoms with Gasteiger partial charge in [0.2, 0.25) is 6.29 Å². The van der Waals surface area contributed by atoms with Crippen molar-refractivity contribution in [3.63, 3.8) is 0 Å². The van der Waals surface area contributed by atoms with Gasteiger partial charge in [0.25, 0.3) is 0 Å². The second-order valence-corrected chi connectivity index (χ2v) is 26.4. The van der Waals surface area contributed by atoms with Gasteiger partial charge in [-0.2, -0.15) is 0 Å². The van der Waals surface area contributed by atoms with Crippen molar-refractivity contribution >= 4 is 0 Å². The van der Waals surface area contributed by atoms with Crippen molar-refractivity contribution in [2.24, 2.45) is 10.2 Å². The Hall–Kier alpha value is -8.70. The average Bonchev–Trinajstić information content (AvgIpc) is 0.747. The summed E-state index contributed by atoms with van der Waals surface area (Å²) in [6, 6.07) is 71.7.